The van der Waals surface area contributed by atoms with Crippen molar-refractivity contribution in [3.8, 4) is 5.75 Å². The highest BCUT2D eigenvalue weighted by Gasteiger charge is 2.30. The van der Waals surface area contributed by atoms with Crippen LogP contribution in [0.4, 0.5) is 0 Å². The lowest BCUT2D eigenvalue weighted by Crippen LogP contribution is -2.51. The highest BCUT2D eigenvalue weighted by atomic mass is 16.5. The number of ether oxygens (including phenoxy) is 1. The SMILES string of the molecule is NC(=O)[C@H]1CCCCN1C(=O)COC(=O)c1ccc(O)cc1. The zero-order valence-electron chi connectivity index (χ0n) is 12.0. The van der Waals surface area contributed by atoms with Crippen molar-refractivity contribution in [1.82, 2.24) is 4.90 Å². The largest absolute Gasteiger partial charge is 0.508 e. The lowest BCUT2D eigenvalue weighted by atomic mass is 10.0. The fourth-order valence-corrected chi connectivity index (χ4v) is 2.42. The Balaban J connectivity index is 1.92. The summed E-state index contributed by atoms with van der Waals surface area (Å²) in [6.07, 6.45) is 2.17. The molecule has 0 unspecified atom stereocenters. The van der Waals surface area contributed by atoms with E-state index in [0.717, 1.165) is 12.8 Å². The van der Waals surface area contributed by atoms with Gasteiger partial charge in [-0.3, -0.25) is 9.59 Å². The van der Waals surface area contributed by atoms with Crippen LogP contribution >= 0.6 is 0 Å². The van der Waals surface area contributed by atoms with Crippen molar-refractivity contribution in [2.75, 3.05) is 13.2 Å². The van der Waals surface area contributed by atoms with Crippen molar-refractivity contribution in [3.05, 3.63) is 29.8 Å². The number of aromatic hydroxyl groups is 1. The number of nitrogens with two attached hydrogens (primary N) is 1. The van der Waals surface area contributed by atoms with Crippen LogP contribution in [0.5, 0.6) is 5.75 Å². The highest BCUT2D eigenvalue weighted by molar-refractivity contribution is 5.92. The van der Waals surface area contributed by atoms with Gasteiger partial charge < -0.3 is 20.5 Å². The summed E-state index contributed by atoms with van der Waals surface area (Å²) in [5.74, 6) is -1.61. The van der Waals surface area contributed by atoms with E-state index in [-0.39, 0.29) is 11.3 Å². The molecular weight excluding hydrogens is 288 g/mol. The van der Waals surface area contributed by atoms with Crippen molar-refractivity contribution in [2.45, 2.75) is 25.3 Å². The Morgan fingerprint density at radius 2 is 1.91 bits per heavy atom. The minimum Gasteiger partial charge on any atom is -0.508 e. The van der Waals surface area contributed by atoms with Gasteiger partial charge in [0.25, 0.3) is 5.91 Å². The molecule has 1 aliphatic heterocycles. The number of rotatable bonds is 4. The molecule has 1 aromatic rings. The van der Waals surface area contributed by atoms with Gasteiger partial charge in [0.2, 0.25) is 5.91 Å². The first-order chi connectivity index (χ1) is 10.5. The third kappa shape index (κ3) is 3.75. The number of benzene rings is 1. The van der Waals surface area contributed by atoms with Gasteiger partial charge in [-0.25, -0.2) is 4.79 Å². The Bertz CT molecular complexity index is 570. The normalized spacial score (nSPS) is 17.8. The fourth-order valence-electron chi connectivity index (χ4n) is 2.42. The number of esters is 1. The summed E-state index contributed by atoms with van der Waals surface area (Å²) >= 11 is 0. The van der Waals surface area contributed by atoms with Gasteiger partial charge in [0.15, 0.2) is 6.61 Å². The molecule has 2 amide bonds. The van der Waals surface area contributed by atoms with Crippen LogP contribution in [0.2, 0.25) is 0 Å². The van der Waals surface area contributed by atoms with Gasteiger partial charge in [0.05, 0.1) is 5.56 Å². The van der Waals surface area contributed by atoms with Crippen molar-refractivity contribution >= 4 is 17.8 Å². The second kappa shape index (κ2) is 6.93. The first kappa shape index (κ1) is 15.8. The van der Waals surface area contributed by atoms with Gasteiger partial charge in [-0.1, -0.05) is 0 Å². The average Bonchev–Trinajstić information content (AvgIpc) is 2.53. The van der Waals surface area contributed by atoms with Gasteiger partial charge in [-0.15, -0.1) is 0 Å². The maximum atomic E-state index is 12.1. The van der Waals surface area contributed by atoms with E-state index < -0.39 is 30.4 Å². The quantitative estimate of drug-likeness (QED) is 0.783. The van der Waals surface area contributed by atoms with Gasteiger partial charge in [0.1, 0.15) is 11.8 Å². The third-order valence-corrected chi connectivity index (χ3v) is 3.58. The first-order valence-electron chi connectivity index (χ1n) is 7.04. The zero-order chi connectivity index (χ0) is 16.1. The van der Waals surface area contributed by atoms with E-state index in [1.165, 1.54) is 29.2 Å². The van der Waals surface area contributed by atoms with Crippen LogP contribution in [0.15, 0.2) is 24.3 Å². The Morgan fingerprint density at radius 3 is 2.55 bits per heavy atom. The maximum absolute atomic E-state index is 12.1. The number of amides is 2. The van der Waals surface area contributed by atoms with Crippen LogP contribution in [0.3, 0.4) is 0 Å². The molecule has 118 valence electrons. The summed E-state index contributed by atoms with van der Waals surface area (Å²) in [6, 6.07) is 4.87. The minimum absolute atomic E-state index is 0.0326. The topological polar surface area (TPSA) is 110 Å². The monoisotopic (exact) mass is 306 g/mol. The number of carbonyl (C=O) groups excluding carboxylic acids is 3. The number of nitrogens with zero attached hydrogens (tertiary/aromatic N) is 1. The Hall–Kier alpha value is -2.57. The summed E-state index contributed by atoms with van der Waals surface area (Å²) < 4.78 is 4.95. The standard InChI is InChI=1S/C15H18N2O5/c16-14(20)12-3-1-2-8-17(12)13(19)9-22-15(21)10-4-6-11(18)7-5-10/h4-7,12,18H,1-3,8-9H2,(H2,16,20)/t12-/m1/s1. The van der Waals surface area contributed by atoms with E-state index >= 15 is 0 Å². The minimum atomic E-state index is -0.666. The Labute approximate surface area is 127 Å². The second-order valence-corrected chi connectivity index (χ2v) is 5.12. The Kier molecular flexibility index (Phi) is 4.98. The molecule has 0 saturated carbocycles. The van der Waals surface area contributed by atoms with Gasteiger partial charge in [-0.2, -0.15) is 0 Å². The zero-order valence-corrected chi connectivity index (χ0v) is 12.0. The lowest BCUT2D eigenvalue weighted by Gasteiger charge is -2.33. The van der Waals surface area contributed by atoms with Gasteiger partial charge >= 0.3 is 5.97 Å². The number of primary amides is 1. The van der Waals surface area contributed by atoms with E-state index in [9.17, 15) is 14.4 Å². The number of likely N-dealkylation sites (tertiary alicyclic amines) is 1. The van der Waals surface area contributed by atoms with Crippen molar-refractivity contribution in [2.24, 2.45) is 5.73 Å². The first-order valence-corrected chi connectivity index (χ1v) is 7.04. The molecule has 1 atom stereocenters. The number of phenols is 1. The van der Waals surface area contributed by atoms with Crippen molar-refractivity contribution in [1.29, 1.82) is 0 Å². The lowest BCUT2D eigenvalue weighted by molar-refractivity contribution is -0.143. The number of carbonyl (C=O) groups is 3. The van der Waals surface area contributed by atoms with Crippen molar-refractivity contribution in [3.63, 3.8) is 0 Å². The third-order valence-electron chi connectivity index (χ3n) is 3.58. The predicted octanol–water partition coefficient (Wildman–Crippen LogP) is 0.415. The molecule has 7 heteroatoms. The summed E-state index contributed by atoms with van der Waals surface area (Å²) in [6.45, 7) is -0.00725. The molecule has 0 spiro atoms. The van der Waals surface area contributed by atoms with Gasteiger partial charge in [0, 0.05) is 6.54 Å². The van der Waals surface area contributed by atoms with E-state index in [4.69, 9.17) is 15.6 Å². The summed E-state index contributed by atoms with van der Waals surface area (Å²) in [4.78, 5) is 36.6. The number of piperidine rings is 1. The number of hydrogen-bond donors (Lipinski definition) is 2. The van der Waals surface area contributed by atoms with E-state index in [1.54, 1.807) is 0 Å². The average molecular weight is 306 g/mol. The molecule has 1 saturated heterocycles. The van der Waals surface area contributed by atoms with Crippen LogP contribution in [-0.4, -0.2) is 47.0 Å². The molecule has 0 bridgehead atoms. The van der Waals surface area contributed by atoms with Gasteiger partial charge in [-0.05, 0) is 43.5 Å². The number of hydrogen-bond acceptors (Lipinski definition) is 5. The molecule has 1 aromatic carbocycles. The fraction of sp³-hybridized carbons (Fsp3) is 0.400. The molecule has 0 radical (unpaired) electrons. The maximum Gasteiger partial charge on any atom is 0.338 e. The molecule has 1 aliphatic rings. The summed E-state index contributed by atoms with van der Waals surface area (Å²) in [5.41, 5.74) is 5.52. The predicted molar refractivity (Wildman–Crippen MR) is 76.9 cm³/mol. The molecule has 0 aromatic heterocycles. The molecule has 1 fully saturated rings. The number of phenolic OH excluding ortho intramolecular Hbond substituents is 1. The van der Waals surface area contributed by atoms with Crippen LogP contribution in [0.1, 0.15) is 29.6 Å². The van der Waals surface area contributed by atoms with E-state index in [0.29, 0.717) is 13.0 Å². The van der Waals surface area contributed by atoms with Crippen LogP contribution in [0.25, 0.3) is 0 Å². The molecule has 2 rings (SSSR count). The molecule has 22 heavy (non-hydrogen) atoms. The smallest absolute Gasteiger partial charge is 0.338 e. The van der Waals surface area contributed by atoms with Crippen molar-refractivity contribution < 1.29 is 24.2 Å². The molecule has 0 aliphatic carbocycles. The van der Waals surface area contributed by atoms with E-state index in [2.05, 4.69) is 0 Å². The van der Waals surface area contributed by atoms with Crippen LogP contribution in [-0.2, 0) is 14.3 Å². The summed E-state index contributed by atoms with van der Waals surface area (Å²) in [7, 11) is 0. The van der Waals surface area contributed by atoms with E-state index in [1.807, 2.05) is 0 Å². The molecule has 1 heterocycles. The summed E-state index contributed by atoms with van der Waals surface area (Å²) in [5, 5.41) is 9.15. The Morgan fingerprint density at radius 1 is 1.23 bits per heavy atom. The molecular formula is C15H18N2O5. The molecule has 3 N–H and O–H groups in total. The second-order valence-electron chi connectivity index (χ2n) is 5.12. The molecule has 7 nitrogen and oxygen atoms in total. The van der Waals surface area contributed by atoms with Crippen LogP contribution < -0.4 is 5.73 Å². The van der Waals surface area contributed by atoms with Crippen LogP contribution in [0, 0.1) is 0 Å². The highest BCUT2D eigenvalue weighted by Crippen LogP contribution is 2.17.